The summed E-state index contributed by atoms with van der Waals surface area (Å²) in [6.07, 6.45) is 9.00. The van der Waals surface area contributed by atoms with Gasteiger partial charge >= 0.3 is 0 Å². The first-order chi connectivity index (χ1) is 40.1. The number of aromatic amines is 3. The van der Waals surface area contributed by atoms with Crippen molar-refractivity contribution in [2.75, 3.05) is 9.44 Å². The summed E-state index contributed by atoms with van der Waals surface area (Å²) in [7, 11) is -9.71. The van der Waals surface area contributed by atoms with Crippen LogP contribution < -0.4 is 9.44 Å². The third-order valence-corrected chi connectivity index (χ3v) is 16.0. The highest BCUT2D eigenvalue weighted by molar-refractivity contribution is 7.93. The van der Waals surface area contributed by atoms with E-state index in [2.05, 4.69) is 35.2 Å². The third-order valence-electron chi connectivity index (χ3n) is 13.3. The Hall–Kier alpha value is -10.4. The molecule has 0 amide bonds. The number of anilines is 2. The number of nitrogens with one attached hydrogen (secondary N) is 5. The Morgan fingerprint density at radius 1 is 0.524 bits per heavy atom. The Balaban J connectivity index is 0.000000176. The summed E-state index contributed by atoms with van der Waals surface area (Å²) in [4.78, 5) is 51.1. The predicted octanol–water partition coefficient (Wildman–Crippen LogP) is 11.9. The second-order valence-corrected chi connectivity index (χ2v) is 21.8. The summed E-state index contributed by atoms with van der Waals surface area (Å²) < 4.78 is 172. The van der Waals surface area contributed by atoms with Crippen molar-refractivity contribution in [1.82, 2.24) is 39.9 Å². The van der Waals surface area contributed by atoms with Crippen LogP contribution >= 0.6 is 0 Å². The first kappa shape index (κ1) is 55.5. The maximum absolute atomic E-state index is 15.6. The highest BCUT2D eigenvalue weighted by Crippen LogP contribution is 2.34. The second-order valence-electron chi connectivity index (χ2n) is 18.5. The molecular weight excluding hydrogens is 1150 g/mol. The van der Waals surface area contributed by atoms with Gasteiger partial charge in [-0.05, 0) is 108 Å². The molecule has 0 atom stereocenters. The molecule has 0 aliphatic heterocycles. The molecule has 0 saturated heterocycles. The molecule has 0 aliphatic carbocycles. The topological polar surface area (TPSA) is 247 Å². The van der Waals surface area contributed by atoms with Crippen LogP contribution in [-0.4, -0.2) is 74.2 Å². The number of hydrogen-bond acceptors (Lipinski definition) is 11. The molecule has 0 aliphatic rings. The maximum Gasteiger partial charge on any atom is 0.265 e. The van der Waals surface area contributed by atoms with Gasteiger partial charge in [-0.2, -0.15) is 10.2 Å². The molecule has 0 spiro atoms. The molecule has 0 unspecified atom stereocenters. The van der Waals surface area contributed by atoms with Crippen LogP contribution in [0.3, 0.4) is 0 Å². The standard InChI is InChI=1S/C30H19F4N5O4S.C27H15F4N5O3S/c1-2-26(40)39-24-8-3-15(9-17(24)13-37-39)16-10-19-20(14-36-30(19)35-12-16)29(41)27-22(33)6-7-23(28(27)34)38-44(42,43)25-11-18(31)4-5-21(25)32;28-16-2-3-19(29)23(9-16)40(38,39)36-22-6-4-20(30)24(25(22)31)26(37)18-12-33-27-17(18)8-14(10-32-27)13-1-5-21-15(7-13)11-34-35-21/h3-14,38H,2H2,1H3,(H,35,36);1-12,36H,(H,32,33)(H,34,35). The minimum atomic E-state index is -4.87. The van der Waals surface area contributed by atoms with Crippen LogP contribution in [0.15, 0.2) is 156 Å². The summed E-state index contributed by atoms with van der Waals surface area (Å²) >= 11 is 0. The number of sulfonamides is 2. The number of carbonyl (C=O) groups is 3. The molecule has 12 rings (SSSR count). The van der Waals surface area contributed by atoms with Gasteiger partial charge < -0.3 is 9.97 Å². The van der Waals surface area contributed by atoms with E-state index in [0.29, 0.717) is 76.1 Å². The molecule has 6 aromatic heterocycles. The summed E-state index contributed by atoms with van der Waals surface area (Å²) in [5, 5.41) is 13.0. The second kappa shape index (κ2) is 21.5. The lowest BCUT2D eigenvalue weighted by atomic mass is 9.99. The van der Waals surface area contributed by atoms with Crippen LogP contribution in [-0.2, 0) is 20.0 Å². The molecule has 12 aromatic rings. The summed E-state index contributed by atoms with van der Waals surface area (Å²) in [6.45, 7) is 1.72. The molecule has 0 radical (unpaired) electrons. The fourth-order valence-electron chi connectivity index (χ4n) is 9.10. The number of halogens is 8. The molecule has 0 fully saturated rings. The molecule has 84 heavy (non-hydrogen) atoms. The molecule has 6 aromatic carbocycles. The number of pyridine rings is 2. The lowest BCUT2D eigenvalue weighted by Gasteiger charge is -2.12. The van der Waals surface area contributed by atoms with Gasteiger partial charge in [-0.15, -0.1) is 0 Å². The van der Waals surface area contributed by atoms with Crippen molar-refractivity contribution in [3.8, 4) is 22.3 Å². The highest BCUT2D eigenvalue weighted by atomic mass is 32.2. The van der Waals surface area contributed by atoms with Crippen molar-refractivity contribution in [2.45, 2.75) is 23.1 Å². The van der Waals surface area contributed by atoms with Crippen LogP contribution in [0.5, 0.6) is 0 Å². The van der Waals surface area contributed by atoms with E-state index in [1.54, 1.807) is 65.3 Å². The molecular formula is C57H34F8N10O7S2. The van der Waals surface area contributed by atoms with Crippen molar-refractivity contribution < 1.29 is 66.3 Å². The molecule has 5 N–H and O–H groups in total. The maximum atomic E-state index is 15.6. The number of H-pyrrole nitrogens is 3. The smallest absolute Gasteiger partial charge is 0.265 e. The number of benzene rings is 6. The lowest BCUT2D eigenvalue weighted by molar-refractivity contribution is 0.0897. The normalized spacial score (nSPS) is 11.8. The number of aromatic nitrogens is 8. The SMILES string of the molecule is CCC(=O)n1ncc2cc(-c3cnc4[nH]cc(C(=O)c5c(F)ccc(NS(=O)(=O)c6cc(F)ccc6F)c5F)c4c3)ccc21.O=C(c1c(F)ccc(NS(=O)(=O)c2cc(F)ccc2F)c1F)c1c[nH]c2ncc(-c3ccc4[nH]ncc4c3)cc12. The van der Waals surface area contributed by atoms with Crippen LogP contribution in [0.25, 0.3) is 66.1 Å². The van der Waals surface area contributed by atoms with E-state index in [4.69, 9.17) is 0 Å². The molecule has 0 saturated carbocycles. The Kier molecular flexibility index (Phi) is 14.2. The Labute approximate surface area is 467 Å². The van der Waals surface area contributed by atoms with E-state index >= 15 is 8.78 Å². The van der Waals surface area contributed by atoms with Crippen molar-refractivity contribution in [1.29, 1.82) is 0 Å². The average molecular weight is 1190 g/mol. The molecule has 422 valence electrons. The fraction of sp³-hybridized carbons (Fsp3) is 0.0351. The number of rotatable bonds is 13. The Morgan fingerprint density at radius 2 is 1.00 bits per heavy atom. The minimum absolute atomic E-state index is 0.122. The van der Waals surface area contributed by atoms with Gasteiger partial charge in [-0.25, -0.2) is 66.6 Å². The van der Waals surface area contributed by atoms with E-state index in [-0.39, 0.29) is 45.5 Å². The zero-order valence-corrected chi connectivity index (χ0v) is 44.1. The van der Waals surface area contributed by atoms with E-state index in [9.17, 15) is 57.6 Å². The van der Waals surface area contributed by atoms with Gasteiger partial charge in [-0.3, -0.25) is 28.9 Å². The molecule has 0 bridgehead atoms. The lowest BCUT2D eigenvalue weighted by Crippen LogP contribution is -2.17. The van der Waals surface area contributed by atoms with Crippen molar-refractivity contribution in [3.05, 3.63) is 215 Å². The van der Waals surface area contributed by atoms with Gasteiger partial charge in [0, 0.05) is 75.0 Å². The Bertz CT molecular complexity index is 4970. The van der Waals surface area contributed by atoms with E-state index in [0.717, 1.165) is 28.6 Å². The van der Waals surface area contributed by atoms with Crippen LogP contribution in [0.1, 0.15) is 50.0 Å². The quantitative estimate of drug-likeness (QED) is 0.0536. The van der Waals surface area contributed by atoms with Crippen molar-refractivity contribution in [2.24, 2.45) is 0 Å². The largest absolute Gasteiger partial charge is 0.345 e. The van der Waals surface area contributed by atoms with Crippen molar-refractivity contribution >= 4 is 92.8 Å². The van der Waals surface area contributed by atoms with Gasteiger partial charge in [-0.1, -0.05) is 19.1 Å². The number of hydrogen-bond donors (Lipinski definition) is 5. The summed E-state index contributed by atoms with van der Waals surface area (Å²) in [5.41, 5.74) is 0.402. The molecule has 27 heteroatoms. The number of ketones is 2. The number of carbonyl (C=O) groups excluding carboxylic acids is 3. The van der Waals surface area contributed by atoms with Crippen LogP contribution in [0.2, 0.25) is 0 Å². The van der Waals surface area contributed by atoms with Gasteiger partial charge in [0.15, 0.2) is 11.6 Å². The summed E-state index contributed by atoms with van der Waals surface area (Å²) in [5.74, 6) is -12.7. The highest BCUT2D eigenvalue weighted by Gasteiger charge is 2.30. The first-order valence-electron chi connectivity index (χ1n) is 24.5. The van der Waals surface area contributed by atoms with Gasteiger partial charge in [0.1, 0.15) is 56.0 Å². The fourth-order valence-corrected chi connectivity index (χ4v) is 11.4. The van der Waals surface area contributed by atoms with Crippen LogP contribution in [0, 0.1) is 46.5 Å². The predicted molar refractivity (Wildman–Crippen MR) is 291 cm³/mol. The summed E-state index contributed by atoms with van der Waals surface area (Å²) in [6, 6.07) is 20.1. The van der Waals surface area contributed by atoms with Crippen LogP contribution in [0.4, 0.5) is 46.5 Å². The number of fused-ring (bicyclic) bond motifs is 4. The molecule has 6 heterocycles. The van der Waals surface area contributed by atoms with E-state index in [1.165, 1.54) is 23.3 Å². The number of nitrogens with zero attached hydrogens (tertiary/aromatic N) is 5. The van der Waals surface area contributed by atoms with Gasteiger partial charge in [0.05, 0.1) is 45.9 Å². The first-order valence-corrected chi connectivity index (χ1v) is 27.5. The monoisotopic (exact) mass is 1190 g/mol. The van der Waals surface area contributed by atoms with Crippen molar-refractivity contribution in [3.63, 3.8) is 0 Å². The average Bonchev–Trinajstić information content (AvgIpc) is 3.04. The van der Waals surface area contributed by atoms with Gasteiger partial charge in [0.25, 0.3) is 20.0 Å². The molecule has 17 nitrogen and oxygen atoms in total. The van der Waals surface area contributed by atoms with Gasteiger partial charge in [0.2, 0.25) is 17.5 Å². The Morgan fingerprint density at radius 3 is 1.50 bits per heavy atom. The minimum Gasteiger partial charge on any atom is -0.345 e. The van der Waals surface area contributed by atoms with E-state index in [1.807, 2.05) is 18.2 Å². The third kappa shape index (κ3) is 10.2. The zero-order valence-electron chi connectivity index (χ0n) is 42.5. The van der Waals surface area contributed by atoms with E-state index < -0.39 is 110 Å². The zero-order chi connectivity index (χ0) is 59.5.